The average Bonchev–Trinajstić information content (AvgIpc) is 2.33. The van der Waals surface area contributed by atoms with Crippen LogP contribution in [0.5, 0.6) is 11.5 Å². The van der Waals surface area contributed by atoms with Gasteiger partial charge in [0.15, 0.2) is 11.5 Å². The predicted molar refractivity (Wildman–Crippen MR) is 67.3 cm³/mol. The molecule has 0 heterocycles. The first-order valence-corrected chi connectivity index (χ1v) is 5.91. The van der Waals surface area contributed by atoms with Gasteiger partial charge in [-0.1, -0.05) is 13.0 Å². The van der Waals surface area contributed by atoms with E-state index in [-0.39, 0.29) is 24.0 Å². The number of ether oxygens (including phenoxy) is 1. The number of hydrogen-bond acceptors (Lipinski definition) is 5. The first-order chi connectivity index (χ1) is 8.43. The van der Waals surface area contributed by atoms with Crippen molar-refractivity contribution < 1.29 is 19.7 Å². The molecule has 18 heavy (non-hydrogen) atoms. The molecular formula is C13H19NO4. The summed E-state index contributed by atoms with van der Waals surface area (Å²) in [6.45, 7) is 3.72. The number of phenolic OH excluding ortho intramolecular Hbond substituents is 2. The summed E-state index contributed by atoms with van der Waals surface area (Å²) in [6.07, 6.45) is 0.832. The molecule has 0 bridgehead atoms. The second kappa shape index (κ2) is 6.26. The second-order valence-corrected chi connectivity index (χ2v) is 4.29. The van der Waals surface area contributed by atoms with Crippen LogP contribution in [0.15, 0.2) is 18.2 Å². The third-order valence-corrected chi connectivity index (χ3v) is 2.69. The second-order valence-electron chi connectivity index (χ2n) is 4.29. The number of phenols is 2. The Morgan fingerprint density at radius 1 is 1.39 bits per heavy atom. The van der Waals surface area contributed by atoms with Crippen LogP contribution in [0.25, 0.3) is 0 Å². The Labute approximate surface area is 106 Å². The number of esters is 1. The standard InChI is InChI=1S/C13H19NO4/c1-3-8(2)18-13(17)10(14)6-9-4-5-11(15)12(16)7-9/h4-5,7-8,10,15-16H,3,6,14H2,1-2H3/t8?,10-/m0/s1. The molecule has 1 aromatic carbocycles. The molecule has 0 aliphatic carbocycles. The minimum absolute atomic E-state index is 0.156. The lowest BCUT2D eigenvalue weighted by molar-refractivity contribution is -0.149. The molecular weight excluding hydrogens is 234 g/mol. The number of carbonyl (C=O) groups is 1. The number of nitrogens with two attached hydrogens (primary N) is 1. The van der Waals surface area contributed by atoms with E-state index in [9.17, 15) is 9.90 Å². The van der Waals surface area contributed by atoms with E-state index in [2.05, 4.69) is 0 Å². The Morgan fingerprint density at radius 3 is 2.61 bits per heavy atom. The molecule has 1 unspecified atom stereocenters. The molecule has 2 atom stereocenters. The molecule has 1 aromatic rings. The molecule has 4 N–H and O–H groups in total. The Morgan fingerprint density at radius 2 is 2.06 bits per heavy atom. The van der Waals surface area contributed by atoms with Gasteiger partial charge >= 0.3 is 5.97 Å². The van der Waals surface area contributed by atoms with Crippen LogP contribution in [0.2, 0.25) is 0 Å². The quantitative estimate of drug-likeness (QED) is 0.543. The van der Waals surface area contributed by atoms with Crippen molar-refractivity contribution in [1.29, 1.82) is 0 Å². The molecule has 100 valence electrons. The van der Waals surface area contributed by atoms with Crippen LogP contribution < -0.4 is 5.73 Å². The van der Waals surface area contributed by atoms with Gasteiger partial charge in [0.1, 0.15) is 6.04 Å². The van der Waals surface area contributed by atoms with Gasteiger partial charge in [-0.05, 0) is 37.5 Å². The van der Waals surface area contributed by atoms with Crippen LogP contribution in [0, 0.1) is 0 Å². The SMILES string of the molecule is CCC(C)OC(=O)[C@@H](N)Cc1ccc(O)c(O)c1. The lowest BCUT2D eigenvalue weighted by Crippen LogP contribution is -2.36. The molecule has 0 amide bonds. The van der Waals surface area contributed by atoms with Crippen LogP contribution in [0.1, 0.15) is 25.8 Å². The number of rotatable bonds is 5. The van der Waals surface area contributed by atoms with Crippen molar-refractivity contribution in [2.24, 2.45) is 5.73 Å². The van der Waals surface area contributed by atoms with Crippen molar-refractivity contribution in [1.82, 2.24) is 0 Å². The first-order valence-electron chi connectivity index (χ1n) is 5.91. The maximum atomic E-state index is 11.6. The van der Waals surface area contributed by atoms with E-state index in [1.54, 1.807) is 13.0 Å². The fourth-order valence-corrected chi connectivity index (χ4v) is 1.40. The highest BCUT2D eigenvalue weighted by molar-refractivity contribution is 5.76. The summed E-state index contributed by atoms with van der Waals surface area (Å²) in [5, 5.41) is 18.5. The van der Waals surface area contributed by atoms with E-state index in [0.717, 1.165) is 6.42 Å². The summed E-state index contributed by atoms with van der Waals surface area (Å²) in [6, 6.07) is 3.57. The predicted octanol–water partition coefficient (Wildman–Crippen LogP) is 1.31. The van der Waals surface area contributed by atoms with Gasteiger partial charge in [-0.3, -0.25) is 4.79 Å². The topological polar surface area (TPSA) is 92.8 Å². The summed E-state index contributed by atoms with van der Waals surface area (Å²) in [4.78, 5) is 11.6. The van der Waals surface area contributed by atoms with Gasteiger partial charge in [0, 0.05) is 0 Å². The van der Waals surface area contributed by atoms with E-state index in [0.29, 0.717) is 5.56 Å². The van der Waals surface area contributed by atoms with Crippen molar-refractivity contribution in [3.63, 3.8) is 0 Å². The smallest absolute Gasteiger partial charge is 0.323 e. The van der Waals surface area contributed by atoms with Crippen LogP contribution in [-0.2, 0) is 16.0 Å². The molecule has 1 rings (SSSR count). The Bertz CT molecular complexity index is 419. The number of hydrogen-bond donors (Lipinski definition) is 3. The fraction of sp³-hybridized carbons (Fsp3) is 0.462. The van der Waals surface area contributed by atoms with E-state index >= 15 is 0 Å². The number of benzene rings is 1. The van der Waals surface area contributed by atoms with Gasteiger partial charge in [-0.25, -0.2) is 0 Å². The first kappa shape index (κ1) is 14.3. The molecule has 0 saturated carbocycles. The molecule has 0 aliphatic rings. The molecule has 0 spiro atoms. The Kier molecular flexibility index (Phi) is 4.97. The molecule has 0 saturated heterocycles. The number of carbonyl (C=O) groups excluding carboxylic acids is 1. The van der Waals surface area contributed by atoms with Gasteiger partial charge in [0.05, 0.1) is 6.10 Å². The van der Waals surface area contributed by atoms with Crippen molar-refractivity contribution >= 4 is 5.97 Å². The van der Waals surface area contributed by atoms with Crippen LogP contribution in [-0.4, -0.2) is 28.3 Å². The Hall–Kier alpha value is -1.75. The fourth-order valence-electron chi connectivity index (χ4n) is 1.40. The van der Waals surface area contributed by atoms with Gasteiger partial charge in [0.2, 0.25) is 0 Å². The molecule has 0 aromatic heterocycles. The van der Waals surface area contributed by atoms with Crippen molar-refractivity contribution in [2.45, 2.75) is 38.8 Å². The normalized spacial score (nSPS) is 13.9. The highest BCUT2D eigenvalue weighted by Gasteiger charge is 2.18. The zero-order chi connectivity index (χ0) is 13.7. The zero-order valence-electron chi connectivity index (χ0n) is 10.6. The summed E-state index contributed by atoms with van der Waals surface area (Å²) in [7, 11) is 0. The number of aromatic hydroxyl groups is 2. The minimum Gasteiger partial charge on any atom is -0.504 e. The maximum absolute atomic E-state index is 11.6. The molecule has 0 radical (unpaired) electrons. The van der Waals surface area contributed by atoms with E-state index in [1.165, 1.54) is 12.1 Å². The highest BCUT2D eigenvalue weighted by atomic mass is 16.5. The third kappa shape index (κ3) is 3.92. The van der Waals surface area contributed by atoms with Gasteiger partial charge in [-0.15, -0.1) is 0 Å². The zero-order valence-corrected chi connectivity index (χ0v) is 10.6. The van der Waals surface area contributed by atoms with E-state index < -0.39 is 12.0 Å². The Balaban J connectivity index is 2.60. The summed E-state index contributed by atoms with van der Waals surface area (Å²) in [5.41, 5.74) is 6.39. The summed E-state index contributed by atoms with van der Waals surface area (Å²) >= 11 is 0. The maximum Gasteiger partial charge on any atom is 0.323 e. The van der Waals surface area contributed by atoms with Gasteiger partial charge < -0.3 is 20.7 Å². The van der Waals surface area contributed by atoms with Crippen LogP contribution >= 0.6 is 0 Å². The molecule has 5 nitrogen and oxygen atoms in total. The van der Waals surface area contributed by atoms with Crippen molar-refractivity contribution in [3.8, 4) is 11.5 Å². The minimum atomic E-state index is -0.775. The lowest BCUT2D eigenvalue weighted by Gasteiger charge is -2.15. The largest absolute Gasteiger partial charge is 0.504 e. The van der Waals surface area contributed by atoms with Crippen LogP contribution in [0.4, 0.5) is 0 Å². The van der Waals surface area contributed by atoms with E-state index in [1.807, 2.05) is 6.92 Å². The van der Waals surface area contributed by atoms with Crippen LogP contribution in [0.3, 0.4) is 0 Å². The monoisotopic (exact) mass is 253 g/mol. The summed E-state index contributed by atoms with van der Waals surface area (Å²) < 4.78 is 5.11. The van der Waals surface area contributed by atoms with Gasteiger partial charge in [-0.2, -0.15) is 0 Å². The van der Waals surface area contributed by atoms with Crippen molar-refractivity contribution in [2.75, 3.05) is 0 Å². The highest BCUT2D eigenvalue weighted by Crippen LogP contribution is 2.25. The molecule has 5 heteroatoms. The molecule has 0 aliphatic heterocycles. The van der Waals surface area contributed by atoms with Crippen molar-refractivity contribution in [3.05, 3.63) is 23.8 Å². The lowest BCUT2D eigenvalue weighted by atomic mass is 10.1. The summed E-state index contributed by atoms with van der Waals surface area (Å²) in [5.74, 6) is -0.888. The molecule has 0 fully saturated rings. The van der Waals surface area contributed by atoms with Gasteiger partial charge in [0.25, 0.3) is 0 Å². The van der Waals surface area contributed by atoms with E-state index in [4.69, 9.17) is 15.6 Å². The average molecular weight is 253 g/mol. The third-order valence-electron chi connectivity index (χ3n) is 2.69.